The van der Waals surface area contributed by atoms with E-state index < -0.39 is 0 Å². The summed E-state index contributed by atoms with van der Waals surface area (Å²) >= 11 is 0. The molecule has 2 amide bonds. The van der Waals surface area contributed by atoms with E-state index in [4.69, 9.17) is 54.6 Å². The number of aryl methyl sites for hydroxylation is 1. The maximum absolute atomic E-state index is 12.4. The number of hydrogen-bond donors (Lipinski definition) is 3. The summed E-state index contributed by atoms with van der Waals surface area (Å²) in [6.07, 6.45) is 1.66. The molecule has 0 bridgehead atoms. The highest BCUT2D eigenvalue weighted by Gasteiger charge is 2.23. The van der Waals surface area contributed by atoms with E-state index >= 15 is 0 Å². The number of pyridine rings is 1. The average molecular weight is 819 g/mol. The van der Waals surface area contributed by atoms with Gasteiger partial charge in [0, 0.05) is 92.4 Å². The van der Waals surface area contributed by atoms with Gasteiger partial charge in [-0.15, -0.1) is 0 Å². The van der Waals surface area contributed by atoms with Gasteiger partial charge in [-0.2, -0.15) is 29.9 Å². The first kappa shape index (κ1) is 40.5. The fourth-order valence-corrected chi connectivity index (χ4v) is 6.84. The summed E-state index contributed by atoms with van der Waals surface area (Å²) in [4.78, 5) is 53.5. The van der Waals surface area contributed by atoms with Crippen LogP contribution in [0.25, 0.3) is 22.8 Å². The molecule has 4 N–H and O–H groups in total. The summed E-state index contributed by atoms with van der Waals surface area (Å²) in [5.74, 6) is 3.95. The number of amides is 2. The lowest BCUT2D eigenvalue weighted by molar-refractivity contribution is 0.121. The molecule has 2 aromatic carbocycles. The van der Waals surface area contributed by atoms with Crippen LogP contribution in [0, 0.1) is 6.92 Å². The summed E-state index contributed by atoms with van der Waals surface area (Å²) in [7, 11) is 0. The van der Waals surface area contributed by atoms with Crippen LogP contribution in [0.15, 0.2) is 66.9 Å². The van der Waals surface area contributed by atoms with E-state index in [-0.39, 0.29) is 6.03 Å². The van der Waals surface area contributed by atoms with Crippen LogP contribution in [0.4, 0.5) is 45.7 Å². The molecule has 4 saturated heterocycles. The molecule has 19 heteroatoms. The maximum atomic E-state index is 12.4. The highest BCUT2D eigenvalue weighted by molar-refractivity contribution is 5.99. The number of nitrogens with two attached hydrogens (primary N) is 1. The second-order valence-electron chi connectivity index (χ2n) is 14.4. The molecule has 3 aromatic heterocycles. The Morgan fingerprint density at radius 1 is 0.517 bits per heavy atom. The molecule has 19 nitrogen and oxygen atoms in total. The van der Waals surface area contributed by atoms with Gasteiger partial charge in [-0.25, -0.2) is 4.79 Å². The highest BCUT2D eigenvalue weighted by Crippen LogP contribution is 2.26. The lowest BCUT2D eigenvalue weighted by Crippen LogP contribution is -2.40. The van der Waals surface area contributed by atoms with Crippen LogP contribution >= 0.6 is 0 Å². The summed E-state index contributed by atoms with van der Waals surface area (Å²) in [6.45, 7) is 13.3. The first-order valence-corrected chi connectivity index (χ1v) is 20.2. The quantitative estimate of drug-likeness (QED) is 0.192. The van der Waals surface area contributed by atoms with Crippen molar-refractivity contribution in [3.63, 3.8) is 0 Å². The SMILES string of the molecule is Cc1cc(NC(=O)Nc2ccc(-c3nc(N4CCOCC4)nc(N4CCOCC4)n3)cc2)ccn1.Nc1ccc(-c2nc(N3CCOCC3)nc(N3CCOCC3)n2)cc1. The molecule has 9 rings (SSSR count). The zero-order valence-corrected chi connectivity index (χ0v) is 33.7. The van der Waals surface area contributed by atoms with Crippen molar-refractivity contribution in [3.05, 3.63) is 72.6 Å². The minimum Gasteiger partial charge on any atom is -0.399 e. The molecule has 7 heterocycles. The van der Waals surface area contributed by atoms with Gasteiger partial charge in [0.2, 0.25) is 23.8 Å². The minimum absolute atomic E-state index is 0.326. The van der Waals surface area contributed by atoms with Crippen LogP contribution in [-0.4, -0.2) is 146 Å². The fraction of sp³-hybridized carbons (Fsp3) is 0.415. The second-order valence-corrected chi connectivity index (χ2v) is 14.4. The Labute approximate surface area is 348 Å². The van der Waals surface area contributed by atoms with E-state index in [1.54, 1.807) is 12.3 Å². The van der Waals surface area contributed by atoms with Crippen LogP contribution in [0.2, 0.25) is 0 Å². The second kappa shape index (κ2) is 19.6. The normalized spacial score (nSPS) is 17.1. The summed E-state index contributed by atoms with van der Waals surface area (Å²) < 4.78 is 21.9. The largest absolute Gasteiger partial charge is 0.399 e. The molecule has 0 aliphatic carbocycles. The fourth-order valence-electron chi connectivity index (χ4n) is 6.84. The third-order valence-corrected chi connectivity index (χ3v) is 10.1. The Kier molecular flexibility index (Phi) is 13.3. The molecule has 0 saturated carbocycles. The van der Waals surface area contributed by atoms with Gasteiger partial charge in [-0.1, -0.05) is 0 Å². The van der Waals surface area contributed by atoms with Crippen molar-refractivity contribution in [2.24, 2.45) is 0 Å². The van der Waals surface area contributed by atoms with E-state index in [0.717, 1.165) is 74.9 Å². The number of carbonyl (C=O) groups excluding carboxylic acids is 1. The Bertz CT molecular complexity index is 2100. The van der Waals surface area contributed by atoms with Gasteiger partial charge in [0.15, 0.2) is 11.6 Å². The molecule has 0 unspecified atom stereocenters. The maximum Gasteiger partial charge on any atom is 0.323 e. The van der Waals surface area contributed by atoms with Gasteiger partial charge in [0.25, 0.3) is 0 Å². The number of nitrogen functional groups attached to an aromatic ring is 1. The number of aromatic nitrogens is 7. The standard InChI is InChI=1S/C24H28N8O3.C17H22N6O2/c1-17-16-20(6-7-25-17)27-24(33)26-19-4-2-18(3-5-19)21-28-22(31-8-12-34-13-9-31)30-23(29-21)32-10-14-35-15-11-32;18-14-3-1-13(2-4-14)15-19-16(22-5-9-24-10-6-22)21-17(20-15)23-7-11-25-12-8-23/h2-7,16H,8-15H2,1H3,(H2,25,26,27,33);1-4H,5-12,18H2. The molecular formula is C41H50N14O5. The molecule has 314 valence electrons. The molecule has 4 aliphatic heterocycles. The molecule has 60 heavy (non-hydrogen) atoms. The number of anilines is 7. The van der Waals surface area contributed by atoms with E-state index in [0.29, 0.717) is 99.7 Å². The van der Waals surface area contributed by atoms with Gasteiger partial charge in [0.1, 0.15) is 0 Å². The minimum atomic E-state index is -0.326. The van der Waals surface area contributed by atoms with Gasteiger partial charge < -0.3 is 54.9 Å². The van der Waals surface area contributed by atoms with Crippen molar-refractivity contribution >= 4 is 46.9 Å². The lowest BCUT2D eigenvalue weighted by atomic mass is 10.2. The third kappa shape index (κ3) is 10.7. The zero-order chi connectivity index (χ0) is 41.1. The van der Waals surface area contributed by atoms with Crippen molar-refractivity contribution in [2.45, 2.75) is 6.92 Å². The monoisotopic (exact) mass is 818 g/mol. The Balaban J connectivity index is 0.000000176. The van der Waals surface area contributed by atoms with Gasteiger partial charge in [0.05, 0.1) is 52.9 Å². The number of morpholine rings is 4. The van der Waals surface area contributed by atoms with E-state index in [1.807, 2.05) is 61.5 Å². The molecule has 0 atom stereocenters. The van der Waals surface area contributed by atoms with Crippen LogP contribution in [0.3, 0.4) is 0 Å². The number of benzene rings is 2. The number of hydrogen-bond acceptors (Lipinski definition) is 17. The number of nitrogens with zero attached hydrogens (tertiary/aromatic N) is 11. The van der Waals surface area contributed by atoms with Crippen LogP contribution in [0.5, 0.6) is 0 Å². The Morgan fingerprint density at radius 3 is 1.27 bits per heavy atom. The van der Waals surface area contributed by atoms with Gasteiger partial charge in [-0.05, 0) is 67.6 Å². The number of ether oxygens (including phenoxy) is 4. The molecule has 0 spiro atoms. The van der Waals surface area contributed by atoms with Crippen molar-refractivity contribution in [1.29, 1.82) is 0 Å². The smallest absolute Gasteiger partial charge is 0.323 e. The summed E-state index contributed by atoms with van der Waals surface area (Å²) in [6, 6.07) is 18.3. The highest BCUT2D eigenvalue weighted by atomic mass is 16.5. The predicted molar refractivity (Wildman–Crippen MR) is 229 cm³/mol. The van der Waals surface area contributed by atoms with Gasteiger partial charge in [-0.3, -0.25) is 4.98 Å². The summed E-state index contributed by atoms with van der Waals surface area (Å²) in [5.41, 5.74) is 10.5. The topological polar surface area (TPSA) is 207 Å². The van der Waals surface area contributed by atoms with E-state index in [2.05, 4.69) is 35.2 Å². The first-order chi connectivity index (χ1) is 29.4. The van der Waals surface area contributed by atoms with Gasteiger partial charge >= 0.3 is 6.03 Å². The van der Waals surface area contributed by atoms with E-state index in [9.17, 15) is 4.79 Å². The number of carbonyl (C=O) groups is 1. The Hall–Kier alpha value is -6.28. The predicted octanol–water partition coefficient (Wildman–Crippen LogP) is 3.35. The zero-order valence-electron chi connectivity index (χ0n) is 33.7. The molecule has 0 radical (unpaired) electrons. The number of nitrogens with one attached hydrogen (secondary N) is 2. The lowest BCUT2D eigenvalue weighted by Gasteiger charge is -2.30. The molecule has 4 aliphatic rings. The van der Waals surface area contributed by atoms with Crippen molar-refractivity contribution < 1.29 is 23.7 Å². The molecule has 5 aromatic rings. The van der Waals surface area contributed by atoms with Crippen molar-refractivity contribution in [2.75, 3.05) is 141 Å². The first-order valence-electron chi connectivity index (χ1n) is 20.2. The van der Waals surface area contributed by atoms with Crippen LogP contribution in [-0.2, 0) is 18.9 Å². The van der Waals surface area contributed by atoms with E-state index in [1.165, 1.54) is 0 Å². The number of rotatable bonds is 8. The van der Waals surface area contributed by atoms with Crippen LogP contribution < -0.4 is 36.0 Å². The van der Waals surface area contributed by atoms with Crippen LogP contribution in [0.1, 0.15) is 5.69 Å². The van der Waals surface area contributed by atoms with Crippen molar-refractivity contribution in [1.82, 2.24) is 34.9 Å². The third-order valence-electron chi connectivity index (χ3n) is 10.1. The number of urea groups is 1. The molecular weight excluding hydrogens is 769 g/mol. The molecule has 4 fully saturated rings. The van der Waals surface area contributed by atoms with Crippen molar-refractivity contribution in [3.8, 4) is 22.8 Å². The Morgan fingerprint density at radius 2 is 0.883 bits per heavy atom. The summed E-state index contributed by atoms with van der Waals surface area (Å²) in [5, 5.41) is 5.66. The average Bonchev–Trinajstić information content (AvgIpc) is 3.30.